The van der Waals surface area contributed by atoms with Crippen LogP contribution in [0, 0.1) is 17.3 Å². The van der Waals surface area contributed by atoms with E-state index in [0.717, 1.165) is 44.3 Å². The molecule has 2 saturated carbocycles. The smallest absolute Gasteiger partial charge is 0.117 e. The average molecular weight is 320 g/mol. The predicted octanol–water partition coefficient (Wildman–Crippen LogP) is 2.18. The SMILES string of the molecule is CC1=C2[C@@H](O)[C@H]3O[C@]34CC[C@H]3OC[C@H]3C4C[C@](O)(CC1)C2(C)C. The van der Waals surface area contributed by atoms with Gasteiger partial charge in [-0.05, 0) is 44.6 Å². The second-order valence-electron chi connectivity index (χ2n) is 9.17. The van der Waals surface area contributed by atoms with Gasteiger partial charge in [0.15, 0.2) is 0 Å². The van der Waals surface area contributed by atoms with Crippen molar-refractivity contribution in [2.45, 2.75) is 82.4 Å². The fourth-order valence-electron chi connectivity index (χ4n) is 6.41. The topological polar surface area (TPSA) is 62.2 Å². The standard InChI is InChI=1S/C19H28O4/c1-10-4-6-18(21)8-12-11-9-22-13(11)5-7-19(12)16(23-19)15(20)14(10)17(18,2)3/h11-13,15-16,20-21H,4-9H2,1-3H3/t11-,12?,13+,15+,16+,18+,19-/m0/s1. The maximum absolute atomic E-state index is 11.6. The molecule has 2 heterocycles. The zero-order valence-electron chi connectivity index (χ0n) is 14.3. The van der Waals surface area contributed by atoms with Gasteiger partial charge in [-0.1, -0.05) is 19.4 Å². The van der Waals surface area contributed by atoms with Crippen molar-refractivity contribution in [2.24, 2.45) is 17.3 Å². The van der Waals surface area contributed by atoms with E-state index in [4.69, 9.17) is 9.47 Å². The Morgan fingerprint density at radius 1 is 1.22 bits per heavy atom. The number of epoxide rings is 1. The fourth-order valence-corrected chi connectivity index (χ4v) is 6.41. The van der Waals surface area contributed by atoms with Crippen molar-refractivity contribution in [3.8, 4) is 0 Å². The molecule has 0 aromatic rings. The third-order valence-corrected chi connectivity index (χ3v) is 8.07. The summed E-state index contributed by atoms with van der Waals surface area (Å²) >= 11 is 0. The molecule has 7 atom stereocenters. The molecule has 2 saturated heterocycles. The molecule has 0 aromatic heterocycles. The van der Waals surface area contributed by atoms with Crippen LogP contribution in [-0.4, -0.2) is 46.3 Å². The molecular weight excluding hydrogens is 292 g/mol. The number of hydrogen-bond acceptors (Lipinski definition) is 4. The van der Waals surface area contributed by atoms with Gasteiger partial charge in [0.1, 0.15) is 17.8 Å². The molecule has 0 radical (unpaired) electrons. The number of aliphatic hydroxyl groups excluding tert-OH is 1. The third kappa shape index (κ3) is 1.61. The van der Waals surface area contributed by atoms with Crippen molar-refractivity contribution in [3.63, 3.8) is 0 Å². The third-order valence-electron chi connectivity index (χ3n) is 8.07. The van der Waals surface area contributed by atoms with E-state index in [9.17, 15) is 10.2 Å². The molecule has 128 valence electrons. The highest BCUT2D eigenvalue weighted by Crippen LogP contribution is 2.65. The Bertz CT molecular complexity index is 596. The fraction of sp³-hybridized carbons (Fsp3) is 0.895. The highest BCUT2D eigenvalue weighted by atomic mass is 16.6. The molecule has 2 N–H and O–H groups in total. The number of aliphatic hydroxyl groups is 2. The molecule has 4 fully saturated rings. The largest absolute Gasteiger partial charge is 0.389 e. The molecule has 0 amide bonds. The number of allylic oxidation sites excluding steroid dienone is 1. The Balaban J connectivity index is 1.64. The predicted molar refractivity (Wildman–Crippen MR) is 84.8 cm³/mol. The number of hydrogen-bond donors (Lipinski definition) is 2. The Labute approximate surface area is 137 Å². The highest BCUT2D eigenvalue weighted by molar-refractivity contribution is 5.37. The van der Waals surface area contributed by atoms with Gasteiger partial charge in [0, 0.05) is 17.3 Å². The number of ether oxygens (including phenoxy) is 2. The van der Waals surface area contributed by atoms with E-state index in [2.05, 4.69) is 20.8 Å². The molecule has 1 unspecified atom stereocenters. The van der Waals surface area contributed by atoms with Gasteiger partial charge in [-0.25, -0.2) is 0 Å². The molecule has 5 aliphatic rings. The Morgan fingerprint density at radius 2 is 2.00 bits per heavy atom. The van der Waals surface area contributed by atoms with Crippen molar-refractivity contribution in [3.05, 3.63) is 11.1 Å². The lowest BCUT2D eigenvalue weighted by Crippen LogP contribution is -2.61. The molecule has 2 aliphatic heterocycles. The van der Waals surface area contributed by atoms with Gasteiger partial charge in [0.05, 0.1) is 18.3 Å². The summed E-state index contributed by atoms with van der Waals surface area (Å²) in [6, 6.07) is 0. The minimum Gasteiger partial charge on any atom is -0.389 e. The summed E-state index contributed by atoms with van der Waals surface area (Å²) in [5.41, 5.74) is 0.923. The molecule has 5 rings (SSSR count). The van der Waals surface area contributed by atoms with Gasteiger partial charge in [0.25, 0.3) is 0 Å². The second-order valence-corrected chi connectivity index (χ2v) is 9.17. The summed E-state index contributed by atoms with van der Waals surface area (Å²) in [6.07, 6.45) is 4.14. The molecular formula is C19H28O4. The number of fused-ring (bicyclic) bond motifs is 4. The van der Waals surface area contributed by atoms with Crippen molar-refractivity contribution in [1.29, 1.82) is 0 Å². The van der Waals surface area contributed by atoms with E-state index in [1.54, 1.807) is 0 Å². The van der Waals surface area contributed by atoms with Crippen LogP contribution in [0.25, 0.3) is 0 Å². The van der Waals surface area contributed by atoms with Gasteiger partial charge in [0.2, 0.25) is 0 Å². The molecule has 23 heavy (non-hydrogen) atoms. The summed E-state index contributed by atoms with van der Waals surface area (Å²) in [5, 5.41) is 22.8. The van der Waals surface area contributed by atoms with Crippen molar-refractivity contribution < 1.29 is 19.7 Å². The van der Waals surface area contributed by atoms with Crippen molar-refractivity contribution in [1.82, 2.24) is 0 Å². The normalized spacial score (nSPS) is 56.5. The lowest BCUT2D eigenvalue weighted by Gasteiger charge is -2.57. The van der Waals surface area contributed by atoms with Gasteiger partial charge < -0.3 is 19.7 Å². The first-order valence-electron chi connectivity index (χ1n) is 9.20. The van der Waals surface area contributed by atoms with Crippen molar-refractivity contribution >= 4 is 0 Å². The van der Waals surface area contributed by atoms with Crippen LogP contribution in [0.1, 0.15) is 52.9 Å². The average Bonchev–Trinajstić information content (AvgIpc) is 3.15. The van der Waals surface area contributed by atoms with Crippen LogP contribution in [0.2, 0.25) is 0 Å². The first-order valence-corrected chi connectivity index (χ1v) is 9.20. The van der Waals surface area contributed by atoms with E-state index < -0.39 is 17.1 Å². The first-order chi connectivity index (χ1) is 10.8. The lowest BCUT2D eigenvalue weighted by molar-refractivity contribution is -0.197. The first kappa shape index (κ1) is 14.9. The van der Waals surface area contributed by atoms with Crippen LogP contribution < -0.4 is 0 Å². The maximum atomic E-state index is 11.6. The summed E-state index contributed by atoms with van der Waals surface area (Å²) in [4.78, 5) is 0. The Morgan fingerprint density at radius 3 is 2.70 bits per heavy atom. The molecule has 3 aliphatic carbocycles. The zero-order valence-corrected chi connectivity index (χ0v) is 14.3. The van der Waals surface area contributed by atoms with E-state index in [-0.39, 0.29) is 11.7 Å². The van der Waals surface area contributed by atoms with Gasteiger partial charge in [-0.15, -0.1) is 0 Å². The van der Waals surface area contributed by atoms with E-state index in [1.165, 1.54) is 5.57 Å². The van der Waals surface area contributed by atoms with Crippen LogP contribution in [0.4, 0.5) is 0 Å². The molecule has 4 nitrogen and oxygen atoms in total. The molecule has 1 spiro atoms. The van der Waals surface area contributed by atoms with E-state index in [1.807, 2.05) is 0 Å². The van der Waals surface area contributed by atoms with Crippen molar-refractivity contribution in [2.75, 3.05) is 6.61 Å². The van der Waals surface area contributed by atoms with Gasteiger partial charge in [-0.3, -0.25) is 0 Å². The number of rotatable bonds is 0. The summed E-state index contributed by atoms with van der Waals surface area (Å²) in [6.45, 7) is 7.13. The summed E-state index contributed by atoms with van der Waals surface area (Å²) in [5.74, 6) is 0.813. The highest BCUT2D eigenvalue weighted by Gasteiger charge is 2.73. The lowest BCUT2D eigenvalue weighted by atomic mass is 9.52. The zero-order chi connectivity index (χ0) is 16.2. The minimum absolute atomic E-state index is 0.0825. The van der Waals surface area contributed by atoms with E-state index >= 15 is 0 Å². The summed E-state index contributed by atoms with van der Waals surface area (Å²) < 4.78 is 12.0. The van der Waals surface area contributed by atoms with Crippen LogP contribution in [0.15, 0.2) is 11.1 Å². The van der Waals surface area contributed by atoms with Crippen LogP contribution in [0.3, 0.4) is 0 Å². The van der Waals surface area contributed by atoms with Gasteiger partial charge in [-0.2, -0.15) is 0 Å². The molecule has 0 aromatic carbocycles. The van der Waals surface area contributed by atoms with Crippen LogP contribution in [-0.2, 0) is 9.47 Å². The molecule has 4 heteroatoms. The Hall–Kier alpha value is -0.420. The second kappa shape index (κ2) is 4.21. The Kier molecular flexibility index (Phi) is 2.73. The quantitative estimate of drug-likeness (QED) is 0.530. The van der Waals surface area contributed by atoms with Crippen LogP contribution >= 0.6 is 0 Å². The monoisotopic (exact) mass is 320 g/mol. The maximum Gasteiger partial charge on any atom is 0.117 e. The van der Waals surface area contributed by atoms with Gasteiger partial charge >= 0.3 is 0 Å². The molecule has 2 bridgehead atoms. The van der Waals surface area contributed by atoms with Crippen LogP contribution in [0.5, 0.6) is 0 Å². The summed E-state index contributed by atoms with van der Waals surface area (Å²) in [7, 11) is 0. The minimum atomic E-state index is -0.755. The van der Waals surface area contributed by atoms with E-state index in [0.29, 0.717) is 17.9 Å².